The van der Waals surface area contributed by atoms with E-state index in [-0.39, 0.29) is 5.91 Å². The molecule has 0 radical (unpaired) electrons. The Kier molecular flexibility index (Phi) is 5.23. The third-order valence-electron chi connectivity index (χ3n) is 4.71. The quantitative estimate of drug-likeness (QED) is 0.824. The van der Waals surface area contributed by atoms with Crippen molar-refractivity contribution in [1.82, 2.24) is 0 Å². The highest BCUT2D eigenvalue weighted by Crippen LogP contribution is 2.30. The lowest BCUT2D eigenvalue weighted by molar-refractivity contribution is -0.123. The number of hydrogen-bond acceptors (Lipinski definition) is 4. The van der Waals surface area contributed by atoms with Gasteiger partial charge in [-0.05, 0) is 75.3 Å². The van der Waals surface area contributed by atoms with Gasteiger partial charge in [-0.3, -0.25) is 4.79 Å². The lowest BCUT2D eigenvalue weighted by Crippen LogP contribution is -2.30. The topological polar surface area (TPSA) is 55.4 Å². The van der Waals surface area contributed by atoms with E-state index in [2.05, 4.69) is 5.32 Å². The van der Waals surface area contributed by atoms with Crippen molar-refractivity contribution in [2.24, 2.45) is 0 Å². The van der Waals surface area contributed by atoms with Gasteiger partial charge in [-0.25, -0.2) is 4.79 Å². The highest BCUT2D eigenvalue weighted by molar-refractivity contribution is 7.14. The Labute approximate surface area is 152 Å². The molecule has 1 aromatic heterocycles. The molecule has 0 spiro atoms. The molecule has 1 aliphatic rings. The number of nitrogens with one attached hydrogen (secondary N) is 1. The van der Waals surface area contributed by atoms with Crippen LogP contribution in [0.5, 0.6) is 0 Å². The zero-order chi connectivity index (χ0) is 18.0. The summed E-state index contributed by atoms with van der Waals surface area (Å²) in [5, 5.41) is 2.84. The molecule has 0 aliphatic heterocycles. The van der Waals surface area contributed by atoms with E-state index in [1.807, 2.05) is 38.1 Å². The summed E-state index contributed by atoms with van der Waals surface area (Å²) < 4.78 is 5.38. The van der Waals surface area contributed by atoms with Crippen molar-refractivity contribution >= 4 is 28.9 Å². The molecule has 5 heteroatoms. The largest absolute Gasteiger partial charge is 0.448 e. The fraction of sp³-hybridized carbons (Fsp3) is 0.400. The first kappa shape index (κ1) is 17.7. The molecule has 1 heterocycles. The van der Waals surface area contributed by atoms with Crippen LogP contribution in [-0.4, -0.2) is 18.0 Å². The number of aryl methyl sites for hydroxylation is 3. The Morgan fingerprint density at radius 3 is 2.72 bits per heavy atom. The Morgan fingerprint density at radius 2 is 1.96 bits per heavy atom. The summed E-state index contributed by atoms with van der Waals surface area (Å²) >= 11 is 1.50. The van der Waals surface area contributed by atoms with Gasteiger partial charge in [0.15, 0.2) is 6.10 Å². The molecule has 1 N–H and O–H groups in total. The molecule has 132 valence electrons. The maximum Gasteiger partial charge on any atom is 0.349 e. The Bertz CT molecular complexity index is 786. The smallest absolute Gasteiger partial charge is 0.349 e. The maximum absolute atomic E-state index is 12.4. The molecule has 1 unspecified atom stereocenters. The van der Waals surface area contributed by atoms with Gasteiger partial charge in [-0.1, -0.05) is 12.1 Å². The van der Waals surface area contributed by atoms with Gasteiger partial charge < -0.3 is 10.1 Å². The van der Waals surface area contributed by atoms with Gasteiger partial charge in [-0.2, -0.15) is 0 Å². The van der Waals surface area contributed by atoms with Gasteiger partial charge in [0.05, 0.1) is 0 Å². The van der Waals surface area contributed by atoms with Crippen LogP contribution in [0.15, 0.2) is 24.3 Å². The second-order valence-electron chi connectivity index (χ2n) is 6.55. The second kappa shape index (κ2) is 7.40. The highest BCUT2D eigenvalue weighted by Gasteiger charge is 2.23. The fourth-order valence-electron chi connectivity index (χ4n) is 2.98. The van der Waals surface area contributed by atoms with Crippen LogP contribution in [0.1, 0.15) is 51.0 Å². The van der Waals surface area contributed by atoms with Crippen molar-refractivity contribution < 1.29 is 14.3 Å². The predicted octanol–water partition coefficient (Wildman–Crippen LogP) is 4.43. The summed E-state index contributed by atoms with van der Waals surface area (Å²) in [5.74, 6) is -0.730. The lowest BCUT2D eigenvalue weighted by Gasteiger charge is -2.15. The van der Waals surface area contributed by atoms with Crippen LogP contribution in [0.4, 0.5) is 5.69 Å². The molecule has 25 heavy (non-hydrogen) atoms. The van der Waals surface area contributed by atoms with Crippen molar-refractivity contribution in [3.05, 3.63) is 50.7 Å². The molecule has 0 bridgehead atoms. The standard InChI is InChI=1S/C20H23NO3S/c1-12-7-6-9-16(13(12)2)21-19(22)14(3)24-20(23)18-11-15-8-4-5-10-17(15)25-18/h6-7,9,11,14H,4-5,8,10H2,1-3H3,(H,21,22). The summed E-state index contributed by atoms with van der Waals surface area (Å²) in [4.78, 5) is 26.6. The maximum atomic E-state index is 12.4. The number of fused-ring (bicyclic) bond motifs is 1. The average Bonchev–Trinajstić information content (AvgIpc) is 3.03. The first-order chi connectivity index (χ1) is 12.0. The van der Waals surface area contributed by atoms with E-state index >= 15 is 0 Å². The molecule has 1 aliphatic carbocycles. The monoisotopic (exact) mass is 357 g/mol. The minimum absolute atomic E-state index is 0.316. The average molecular weight is 357 g/mol. The number of anilines is 1. The Morgan fingerprint density at radius 1 is 1.20 bits per heavy atom. The van der Waals surface area contributed by atoms with Gasteiger partial charge in [0.1, 0.15) is 4.88 Å². The first-order valence-corrected chi connectivity index (χ1v) is 9.47. The van der Waals surface area contributed by atoms with Crippen molar-refractivity contribution in [1.29, 1.82) is 0 Å². The van der Waals surface area contributed by atoms with Gasteiger partial charge in [0.25, 0.3) is 5.91 Å². The van der Waals surface area contributed by atoms with Crippen LogP contribution in [0.3, 0.4) is 0 Å². The van der Waals surface area contributed by atoms with Gasteiger partial charge in [-0.15, -0.1) is 11.3 Å². The first-order valence-electron chi connectivity index (χ1n) is 8.65. The van der Waals surface area contributed by atoms with Crippen LogP contribution >= 0.6 is 11.3 Å². The zero-order valence-electron chi connectivity index (χ0n) is 14.8. The van der Waals surface area contributed by atoms with E-state index in [4.69, 9.17) is 4.74 Å². The molecule has 0 saturated heterocycles. The molecular weight excluding hydrogens is 334 g/mol. The van der Waals surface area contributed by atoms with Crippen molar-refractivity contribution in [3.63, 3.8) is 0 Å². The van der Waals surface area contributed by atoms with Crippen LogP contribution in [0.25, 0.3) is 0 Å². The molecule has 0 fully saturated rings. The minimum Gasteiger partial charge on any atom is -0.448 e. The fourth-order valence-corrected chi connectivity index (χ4v) is 4.12. The zero-order valence-corrected chi connectivity index (χ0v) is 15.7. The number of benzene rings is 1. The van der Waals surface area contributed by atoms with E-state index in [0.29, 0.717) is 4.88 Å². The number of carbonyl (C=O) groups is 2. The molecular formula is C20H23NO3S. The third-order valence-corrected chi connectivity index (χ3v) is 5.93. The van der Waals surface area contributed by atoms with Crippen molar-refractivity contribution in [2.75, 3.05) is 5.32 Å². The number of carbonyl (C=O) groups excluding carboxylic acids is 2. The van der Waals surface area contributed by atoms with Crippen LogP contribution < -0.4 is 5.32 Å². The molecule has 3 rings (SSSR count). The third kappa shape index (κ3) is 3.93. The number of thiophene rings is 1. The number of ether oxygens (including phenoxy) is 1. The summed E-state index contributed by atoms with van der Waals surface area (Å²) in [7, 11) is 0. The predicted molar refractivity (Wildman–Crippen MR) is 100 cm³/mol. The SMILES string of the molecule is Cc1cccc(NC(=O)C(C)OC(=O)c2cc3c(s2)CCCC3)c1C. The molecule has 1 amide bonds. The van der Waals surface area contributed by atoms with E-state index in [0.717, 1.165) is 29.7 Å². The minimum atomic E-state index is -0.841. The van der Waals surface area contributed by atoms with Crippen molar-refractivity contribution in [2.45, 2.75) is 52.6 Å². The van der Waals surface area contributed by atoms with E-state index < -0.39 is 12.1 Å². The Balaban J connectivity index is 1.63. The summed E-state index contributed by atoms with van der Waals surface area (Å²) in [5.41, 5.74) is 4.13. The Hall–Kier alpha value is -2.14. The lowest BCUT2D eigenvalue weighted by atomic mass is 9.99. The number of esters is 1. The number of rotatable bonds is 4. The normalized spacial score (nSPS) is 14.5. The van der Waals surface area contributed by atoms with Crippen LogP contribution in [0, 0.1) is 13.8 Å². The van der Waals surface area contributed by atoms with E-state index in [1.54, 1.807) is 6.92 Å². The van der Waals surface area contributed by atoms with E-state index in [1.165, 1.54) is 34.6 Å². The van der Waals surface area contributed by atoms with Crippen molar-refractivity contribution in [3.8, 4) is 0 Å². The van der Waals surface area contributed by atoms with Gasteiger partial charge in [0.2, 0.25) is 0 Å². The molecule has 0 saturated carbocycles. The van der Waals surface area contributed by atoms with Crippen LogP contribution in [0.2, 0.25) is 0 Å². The summed E-state index contributed by atoms with van der Waals surface area (Å²) in [6.07, 6.45) is 3.58. The van der Waals surface area contributed by atoms with Gasteiger partial charge in [0, 0.05) is 10.6 Å². The van der Waals surface area contributed by atoms with Gasteiger partial charge >= 0.3 is 5.97 Å². The molecule has 2 aromatic rings. The second-order valence-corrected chi connectivity index (χ2v) is 7.69. The molecule has 4 nitrogen and oxygen atoms in total. The number of amides is 1. The van der Waals surface area contributed by atoms with E-state index in [9.17, 15) is 9.59 Å². The van der Waals surface area contributed by atoms with Crippen LogP contribution in [-0.2, 0) is 22.4 Å². The summed E-state index contributed by atoms with van der Waals surface area (Å²) in [6.45, 7) is 5.55. The molecule has 1 atom stereocenters. The summed E-state index contributed by atoms with van der Waals surface area (Å²) in [6, 6.07) is 7.66. The number of hydrogen-bond donors (Lipinski definition) is 1. The molecule has 1 aromatic carbocycles. The highest BCUT2D eigenvalue weighted by atomic mass is 32.1.